The third kappa shape index (κ3) is 4.95. The van der Waals surface area contributed by atoms with Gasteiger partial charge >= 0.3 is 5.69 Å². The highest BCUT2D eigenvalue weighted by Gasteiger charge is 2.35. The summed E-state index contributed by atoms with van der Waals surface area (Å²) in [6.07, 6.45) is 3.32. The molecule has 206 valence electrons. The summed E-state index contributed by atoms with van der Waals surface area (Å²) in [4.78, 5) is 54.4. The van der Waals surface area contributed by atoms with Crippen LogP contribution in [0.2, 0.25) is 0 Å². The van der Waals surface area contributed by atoms with Gasteiger partial charge < -0.3 is 24.8 Å². The molecule has 0 unspecified atom stereocenters. The van der Waals surface area contributed by atoms with E-state index in [0.717, 1.165) is 23.1 Å². The average Bonchev–Trinajstić information content (AvgIpc) is 3.28. The molecule has 2 fully saturated rings. The molecule has 1 amide bonds. The Morgan fingerprint density at radius 2 is 1.95 bits per heavy atom. The molecular weight excluding hydrogens is 500 g/mol. The van der Waals surface area contributed by atoms with Gasteiger partial charge in [0, 0.05) is 51.2 Å². The van der Waals surface area contributed by atoms with Crippen LogP contribution in [0.5, 0.6) is 0 Å². The molecule has 39 heavy (non-hydrogen) atoms. The van der Waals surface area contributed by atoms with E-state index in [0.29, 0.717) is 62.1 Å². The lowest BCUT2D eigenvalue weighted by molar-refractivity contribution is 0.0304. The van der Waals surface area contributed by atoms with Gasteiger partial charge in [0.05, 0.1) is 31.8 Å². The molecule has 0 aromatic carbocycles. The predicted octanol–water partition coefficient (Wildman–Crippen LogP) is 0.0716. The van der Waals surface area contributed by atoms with Crippen LogP contribution in [0.4, 0.5) is 5.82 Å². The number of carbonyl (C=O) groups is 1. The molecule has 1 atom stereocenters. The van der Waals surface area contributed by atoms with Crippen molar-refractivity contribution in [2.45, 2.75) is 45.8 Å². The minimum Gasteiger partial charge on any atom is -0.378 e. The minimum absolute atomic E-state index is 0.0762. The van der Waals surface area contributed by atoms with E-state index >= 15 is 0 Å². The van der Waals surface area contributed by atoms with E-state index in [9.17, 15) is 14.4 Å². The Morgan fingerprint density at radius 3 is 2.64 bits per heavy atom. The molecule has 2 saturated heterocycles. The smallest absolute Gasteiger partial charge is 0.331 e. The van der Waals surface area contributed by atoms with Gasteiger partial charge in [-0.25, -0.2) is 14.8 Å². The van der Waals surface area contributed by atoms with Crippen molar-refractivity contribution in [3.8, 4) is 11.8 Å². The molecule has 3 aromatic heterocycles. The van der Waals surface area contributed by atoms with Crippen LogP contribution in [-0.4, -0.2) is 79.9 Å². The molecule has 5 heterocycles. The van der Waals surface area contributed by atoms with E-state index < -0.39 is 11.2 Å². The number of rotatable bonds is 5. The number of morpholine rings is 1. The van der Waals surface area contributed by atoms with Crippen LogP contribution in [0.15, 0.2) is 21.9 Å². The Balaban J connectivity index is 1.82. The number of hydrogen-bond acceptors (Lipinski definition) is 8. The summed E-state index contributed by atoms with van der Waals surface area (Å²) >= 11 is 0. The molecule has 3 aromatic rings. The SMILES string of the molecule is CC#CCn1c(N2CCC[C@@H](N)C2)c(C(=O)N2CCOCC2)c2c1c(=O)n(Cc1nccc(C)n1)c(=O)n2C. The van der Waals surface area contributed by atoms with Crippen LogP contribution in [-0.2, 0) is 24.9 Å². The van der Waals surface area contributed by atoms with E-state index in [2.05, 4.69) is 26.7 Å². The van der Waals surface area contributed by atoms with E-state index in [1.165, 1.54) is 4.57 Å². The first kappa shape index (κ1) is 26.6. The predicted molar refractivity (Wildman–Crippen MR) is 147 cm³/mol. The summed E-state index contributed by atoms with van der Waals surface area (Å²) in [5.41, 5.74) is 6.90. The summed E-state index contributed by atoms with van der Waals surface area (Å²) in [5.74, 6) is 6.66. The van der Waals surface area contributed by atoms with Crippen molar-refractivity contribution >= 4 is 22.8 Å². The normalized spacial score (nSPS) is 17.8. The standard InChI is InChI=1S/C27H34N8O4/c1-4-5-11-34-23-22(31(3)27(38)35(26(23)37)17-20-29-9-8-18(2)30-20)21(25(36)32-12-14-39-15-13-32)24(34)33-10-6-7-19(28)16-33/h8-9,19H,6-7,10-17,28H2,1-3H3/t19-/m1/s1. The number of ether oxygens (including phenoxy) is 1. The van der Waals surface area contributed by atoms with Gasteiger partial charge in [-0.1, -0.05) is 5.92 Å². The highest BCUT2D eigenvalue weighted by atomic mass is 16.5. The summed E-state index contributed by atoms with van der Waals surface area (Å²) < 4.78 is 9.77. The maximum Gasteiger partial charge on any atom is 0.331 e. The van der Waals surface area contributed by atoms with Crippen LogP contribution in [0, 0.1) is 18.8 Å². The number of amides is 1. The van der Waals surface area contributed by atoms with Gasteiger partial charge in [0.15, 0.2) is 0 Å². The Labute approximate surface area is 226 Å². The lowest BCUT2D eigenvalue weighted by Gasteiger charge is -2.34. The fourth-order valence-electron chi connectivity index (χ4n) is 5.45. The molecule has 0 radical (unpaired) electrons. The third-order valence-electron chi connectivity index (χ3n) is 7.34. The maximum absolute atomic E-state index is 14.2. The number of carbonyl (C=O) groups excluding carboxylic acids is 1. The molecule has 12 nitrogen and oxygen atoms in total. The summed E-state index contributed by atoms with van der Waals surface area (Å²) in [7, 11) is 1.59. The number of piperidine rings is 1. The largest absolute Gasteiger partial charge is 0.378 e. The third-order valence-corrected chi connectivity index (χ3v) is 7.34. The van der Waals surface area contributed by atoms with Crippen molar-refractivity contribution < 1.29 is 9.53 Å². The molecule has 5 rings (SSSR count). The number of aromatic nitrogens is 5. The van der Waals surface area contributed by atoms with E-state index in [1.54, 1.807) is 35.7 Å². The number of anilines is 1. The number of hydrogen-bond donors (Lipinski definition) is 1. The first-order valence-corrected chi connectivity index (χ1v) is 13.2. The van der Waals surface area contributed by atoms with Gasteiger partial charge in [-0.15, -0.1) is 5.92 Å². The Bertz CT molecular complexity index is 1590. The molecular formula is C27H34N8O4. The molecule has 2 aliphatic heterocycles. The zero-order chi connectivity index (χ0) is 27.7. The van der Waals surface area contributed by atoms with Gasteiger partial charge in [0.25, 0.3) is 11.5 Å². The van der Waals surface area contributed by atoms with Gasteiger partial charge in [0.2, 0.25) is 0 Å². The number of fused-ring (bicyclic) bond motifs is 1. The second kappa shape index (κ2) is 11.0. The highest BCUT2D eigenvalue weighted by molar-refractivity contribution is 6.11. The number of nitrogens with two attached hydrogens (primary N) is 1. The van der Waals surface area contributed by atoms with Crippen LogP contribution < -0.4 is 21.9 Å². The lowest BCUT2D eigenvalue weighted by Crippen LogP contribution is -2.45. The van der Waals surface area contributed by atoms with Crippen LogP contribution >= 0.6 is 0 Å². The van der Waals surface area contributed by atoms with Crippen molar-refractivity contribution in [3.63, 3.8) is 0 Å². The van der Waals surface area contributed by atoms with Gasteiger partial charge in [-0.2, -0.15) is 0 Å². The maximum atomic E-state index is 14.2. The monoisotopic (exact) mass is 534 g/mol. The topological polar surface area (TPSA) is 134 Å². The zero-order valence-corrected chi connectivity index (χ0v) is 22.6. The van der Waals surface area contributed by atoms with Crippen molar-refractivity contribution in [1.82, 2.24) is 28.6 Å². The summed E-state index contributed by atoms with van der Waals surface area (Å²) in [6.45, 7) is 6.54. The van der Waals surface area contributed by atoms with Crippen molar-refractivity contribution in [2.24, 2.45) is 12.8 Å². The Kier molecular flexibility index (Phi) is 7.54. The molecule has 0 spiro atoms. The van der Waals surface area contributed by atoms with E-state index in [-0.39, 0.29) is 30.6 Å². The summed E-state index contributed by atoms with van der Waals surface area (Å²) in [5, 5.41) is 0. The highest BCUT2D eigenvalue weighted by Crippen LogP contribution is 2.34. The molecule has 2 N–H and O–H groups in total. The first-order valence-electron chi connectivity index (χ1n) is 13.2. The average molecular weight is 535 g/mol. The van der Waals surface area contributed by atoms with Crippen molar-refractivity contribution in [2.75, 3.05) is 44.3 Å². The number of aryl methyl sites for hydroxylation is 2. The Hall–Kier alpha value is -3.95. The van der Waals surface area contributed by atoms with Gasteiger partial charge in [-0.05, 0) is 32.8 Å². The summed E-state index contributed by atoms with van der Waals surface area (Å²) in [6, 6.07) is 1.68. The van der Waals surface area contributed by atoms with Gasteiger partial charge in [0.1, 0.15) is 22.7 Å². The second-order valence-corrected chi connectivity index (χ2v) is 10.0. The first-order chi connectivity index (χ1) is 18.8. The van der Waals surface area contributed by atoms with E-state index in [4.69, 9.17) is 10.5 Å². The van der Waals surface area contributed by atoms with Gasteiger partial charge in [-0.3, -0.25) is 18.7 Å². The fourth-order valence-corrected chi connectivity index (χ4v) is 5.45. The van der Waals surface area contributed by atoms with E-state index in [1.807, 2.05) is 6.92 Å². The minimum atomic E-state index is -0.547. The lowest BCUT2D eigenvalue weighted by atomic mass is 10.1. The molecule has 12 heteroatoms. The van der Waals surface area contributed by atoms with Crippen molar-refractivity contribution in [1.29, 1.82) is 0 Å². The number of nitrogens with zero attached hydrogens (tertiary/aromatic N) is 7. The molecule has 0 aliphatic carbocycles. The van der Waals surface area contributed by atoms with Crippen molar-refractivity contribution in [3.05, 3.63) is 50.2 Å². The Morgan fingerprint density at radius 1 is 1.18 bits per heavy atom. The quantitative estimate of drug-likeness (QED) is 0.455. The molecule has 0 saturated carbocycles. The van der Waals surface area contributed by atoms with Crippen LogP contribution in [0.3, 0.4) is 0 Å². The second-order valence-electron chi connectivity index (χ2n) is 10.0. The molecule has 2 aliphatic rings. The fraction of sp³-hybridized carbons (Fsp3) is 0.519. The zero-order valence-electron chi connectivity index (χ0n) is 22.6. The van der Waals surface area contributed by atoms with Crippen LogP contribution in [0.25, 0.3) is 11.0 Å². The van der Waals surface area contributed by atoms with Crippen LogP contribution in [0.1, 0.15) is 41.6 Å². The molecule has 0 bridgehead atoms.